The average Bonchev–Trinajstić information content (AvgIpc) is 2.32. The highest BCUT2D eigenvalue weighted by atomic mass is 16.5. The molecule has 1 aliphatic rings. The van der Waals surface area contributed by atoms with E-state index in [-0.39, 0.29) is 5.97 Å². The second-order valence-corrected chi connectivity index (χ2v) is 6.24. The van der Waals surface area contributed by atoms with Crippen molar-refractivity contribution >= 4 is 5.97 Å². The van der Waals surface area contributed by atoms with Gasteiger partial charge in [-0.05, 0) is 52.2 Å². The van der Waals surface area contributed by atoms with Gasteiger partial charge in [-0.1, -0.05) is 13.8 Å². The van der Waals surface area contributed by atoms with Gasteiger partial charge in [0.2, 0.25) is 0 Å². The number of rotatable bonds is 5. The van der Waals surface area contributed by atoms with E-state index in [0.717, 1.165) is 19.6 Å². The highest BCUT2D eigenvalue weighted by Crippen LogP contribution is 2.30. The van der Waals surface area contributed by atoms with Crippen LogP contribution in [0.5, 0.6) is 0 Å². The molecular formula is C14H28N2O2. The zero-order chi connectivity index (χ0) is 13.8. The van der Waals surface area contributed by atoms with Crippen molar-refractivity contribution in [2.24, 2.45) is 5.41 Å². The molecule has 1 atom stereocenters. The Bertz CT molecular complexity index is 282. The number of nitrogens with one attached hydrogen (secondary N) is 1. The average molecular weight is 256 g/mol. The second-order valence-electron chi connectivity index (χ2n) is 6.24. The Labute approximate surface area is 111 Å². The smallest absolute Gasteiger partial charge is 0.327 e. The summed E-state index contributed by atoms with van der Waals surface area (Å²) >= 11 is 0. The van der Waals surface area contributed by atoms with Gasteiger partial charge < -0.3 is 15.0 Å². The maximum Gasteiger partial charge on any atom is 0.327 e. The third kappa shape index (κ3) is 3.95. The molecule has 0 aliphatic carbocycles. The quantitative estimate of drug-likeness (QED) is 0.760. The number of nitrogens with zero attached hydrogens (tertiary/aromatic N) is 1. The van der Waals surface area contributed by atoms with E-state index >= 15 is 0 Å². The van der Waals surface area contributed by atoms with E-state index in [1.165, 1.54) is 12.8 Å². The molecule has 0 spiro atoms. The van der Waals surface area contributed by atoms with Crippen molar-refractivity contribution in [2.45, 2.75) is 46.1 Å². The Morgan fingerprint density at radius 2 is 1.94 bits per heavy atom. The van der Waals surface area contributed by atoms with E-state index in [1.807, 2.05) is 20.9 Å². The predicted molar refractivity (Wildman–Crippen MR) is 73.6 cm³/mol. The molecular weight excluding hydrogens is 228 g/mol. The van der Waals surface area contributed by atoms with Gasteiger partial charge in [0, 0.05) is 6.54 Å². The zero-order valence-electron chi connectivity index (χ0n) is 12.5. The Kier molecular flexibility index (Phi) is 5.17. The molecule has 1 heterocycles. The molecule has 4 nitrogen and oxygen atoms in total. The van der Waals surface area contributed by atoms with Crippen LogP contribution in [0.15, 0.2) is 0 Å². The summed E-state index contributed by atoms with van der Waals surface area (Å²) in [6.45, 7) is 11.7. The van der Waals surface area contributed by atoms with Crippen LogP contribution >= 0.6 is 0 Å². The summed E-state index contributed by atoms with van der Waals surface area (Å²) in [5.74, 6) is -0.155. The van der Waals surface area contributed by atoms with Crippen LogP contribution in [0.4, 0.5) is 0 Å². The van der Waals surface area contributed by atoms with Gasteiger partial charge in [-0.3, -0.25) is 4.79 Å². The molecule has 0 aromatic rings. The monoisotopic (exact) mass is 256 g/mol. The van der Waals surface area contributed by atoms with Crippen LogP contribution in [0.3, 0.4) is 0 Å². The second kappa shape index (κ2) is 6.02. The van der Waals surface area contributed by atoms with Crippen LogP contribution in [0, 0.1) is 5.41 Å². The van der Waals surface area contributed by atoms with Crippen LogP contribution in [0.25, 0.3) is 0 Å². The molecule has 1 rings (SSSR count). The molecule has 1 N–H and O–H groups in total. The van der Waals surface area contributed by atoms with Gasteiger partial charge in [0.1, 0.15) is 5.54 Å². The number of piperidine rings is 1. The molecule has 0 aromatic heterocycles. The van der Waals surface area contributed by atoms with Crippen LogP contribution in [-0.2, 0) is 9.53 Å². The van der Waals surface area contributed by atoms with E-state index in [2.05, 4.69) is 24.1 Å². The molecule has 1 fully saturated rings. The highest BCUT2D eigenvalue weighted by Gasteiger charge is 2.36. The molecule has 1 saturated heterocycles. The molecule has 0 amide bonds. The highest BCUT2D eigenvalue weighted by molar-refractivity contribution is 5.80. The van der Waals surface area contributed by atoms with Crippen LogP contribution < -0.4 is 5.32 Å². The number of likely N-dealkylation sites (tertiary alicyclic amines) is 1. The summed E-state index contributed by atoms with van der Waals surface area (Å²) in [4.78, 5) is 14.3. The molecule has 106 valence electrons. The van der Waals surface area contributed by atoms with Crippen LogP contribution in [0.2, 0.25) is 0 Å². The first kappa shape index (κ1) is 15.4. The first-order chi connectivity index (χ1) is 8.33. The molecule has 0 radical (unpaired) electrons. The van der Waals surface area contributed by atoms with Gasteiger partial charge in [-0.15, -0.1) is 0 Å². The fourth-order valence-electron chi connectivity index (χ4n) is 2.30. The minimum absolute atomic E-state index is 0.155. The Morgan fingerprint density at radius 3 is 2.39 bits per heavy atom. The van der Waals surface area contributed by atoms with Crippen molar-refractivity contribution in [3.05, 3.63) is 0 Å². The Balaban J connectivity index is 2.56. The summed E-state index contributed by atoms with van der Waals surface area (Å²) in [5.41, 5.74) is -0.159. The maximum atomic E-state index is 12.0. The summed E-state index contributed by atoms with van der Waals surface area (Å²) < 4.78 is 5.15. The fraction of sp³-hybridized carbons (Fsp3) is 0.929. The minimum atomic E-state index is -0.600. The standard InChI is InChI=1S/C14H28N2O2/c1-6-18-12(17)14(4,15-5)11-16-9-7-13(2,3)8-10-16/h15H,6-11H2,1-5H3. The number of carbonyl (C=O) groups is 1. The number of hydrogen-bond acceptors (Lipinski definition) is 4. The predicted octanol–water partition coefficient (Wildman–Crippen LogP) is 1.65. The number of carbonyl (C=O) groups excluding carboxylic acids is 1. The summed E-state index contributed by atoms with van der Waals surface area (Å²) in [5, 5.41) is 3.11. The van der Waals surface area contributed by atoms with Gasteiger partial charge in [0.05, 0.1) is 6.61 Å². The number of hydrogen-bond donors (Lipinski definition) is 1. The van der Waals surface area contributed by atoms with Crippen molar-refractivity contribution in [2.75, 3.05) is 33.3 Å². The summed E-state index contributed by atoms with van der Waals surface area (Å²) in [7, 11) is 1.82. The molecule has 18 heavy (non-hydrogen) atoms. The number of ether oxygens (including phenoxy) is 1. The third-order valence-electron chi connectivity index (χ3n) is 4.03. The van der Waals surface area contributed by atoms with Crippen molar-refractivity contribution in [1.29, 1.82) is 0 Å². The normalized spacial score (nSPS) is 23.4. The van der Waals surface area contributed by atoms with Gasteiger partial charge in [0.25, 0.3) is 0 Å². The molecule has 0 saturated carbocycles. The van der Waals surface area contributed by atoms with E-state index in [0.29, 0.717) is 12.0 Å². The van der Waals surface area contributed by atoms with E-state index in [4.69, 9.17) is 4.74 Å². The summed E-state index contributed by atoms with van der Waals surface area (Å²) in [6, 6.07) is 0. The lowest BCUT2D eigenvalue weighted by atomic mass is 9.82. The number of esters is 1. The molecule has 0 bridgehead atoms. The van der Waals surface area contributed by atoms with Gasteiger partial charge in [-0.25, -0.2) is 0 Å². The van der Waals surface area contributed by atoms with Crippen LogP contribution in [-0.4, -0.2) is 49.7 Å². The minimum Gasteiger partial charge on any atom is -0.465 e. The topological polar surface area (TPSA) is 41.6 Å². The zero-order valence-corrected chi connectivity index (χ0v) is 12.5. The van der Waals surface area contributed by atoms with Crippen molar-refractivity contribution in [3.8, 4) is 0 Å². The maximum absolute atomic E-state index is 12.0. The van der Waals surface area contributed by atoms with Gasteiger partial charge in [0.15, 0.2) is 0 Å². The third-order valence-corrected chi connectivity index (χ3v) is 4.03. The lowest BCUT2D eigenvalue weighted by Crippen LogP contribution is -2.57. The Morgan fingerprint density at radius 1 is 1.39 bits per heavy atom. The lowest BCUT2D eigenvalue weighted by molar-refractivity contribution is -0.151. The van der Waals surface area contributed by atoms with Crippen molar-refractivity contribution in [3.63, 3.8) is 0 Å². The van der Waals surface area contributed by atoms with Crippen molar-refractivity contribution in [1.82, 2.24) is 10.2 Å². The van der Waals surface area contributed by atoms with E-state index in [9.17, 15) is 4.79 Å². The largest absolute Gasteiger partial charge is 0.465 e. The fourth-order valence-corrected chi connectivity index (χ4v) is 2.30. The van der Waals surface area contributed by atoms with E-state index < -0.39 is 5.54 Å². The van der Waals surface area contributed by atoms with Gasteiger partial charge >= 0.3 is 5.97 Å². The first-order valence-corrected chi connectivity index (χ1v) is 6.91. The lowest BCUT2D eigenvalue weighted by Gasteiger charge is -2.40. The SMILES string of the molecule is CCOC(=O)C(C)(CN1CCC(C)(C)CC1)NC. The van der Waals surface area contributed by atoms with Gasteiger partial charge in [-0.2, -0.15) is 0 Å². The molecule has 4 heteroatoms. The Hall–Kier alpha value is -0.610. The van der Waals surface area contributed by atoms with Crippen LogP contribution in [0.1, 0.15) is 40.5 Å². The van der Waals surface area contributed by atoms with E-state index in [1.54, 1.807) is 0 Å². The molecule has 1 aliphatic heterocycles. The summed E-state index contributed by atoms with van der Waals surface area (Å²) in [6.07, 6.45) is 2.38. The first-order valence-electron chi connectivity index (χ1n) is 6.91. The van der Waals surface area contributed by atoms with Crippen molar-refractivity contribution < 1.29 is 9.53 Å². The number of likely N-dealkylation sites (N-methyl/N-ethyl adjacent to an activating group) is 1. The molecule has 0 aromatic carbocycles. The molecule has 1 unspecified atom stereocenters.